The van der Waals surface area contributed by atoms with Crippen molar-refractivity contribution in [2.75, 3.05) is 0 Å². The fraction of sp³-hybridized carbons (Fsp3) is 0.500. The van der Waals surface area contributed by atoms with Crippen molar-refractivity contribution < 1.29 is 0 Å². The fourth-order valence-electron chi connectivity index (χ4n) is 0.843. The first kappa shape index (κ1) is 5.61. The molecule has 0 N–H and O–H groups in total. The Morgan fingerprint density at radius 2 is 2.62 bits per heavy atom. The lowest BCUT2D eigenvalue weighted by molar-refractivity contribution is 0.958. The van der Waals surface area contributed by atoms with Gasteiger partial charge in [0.2, 0.25) is 0 Å². The molecule has 0 unspecified atom stereocenters. The Labute approximate surface area is 50.9 Å². The van der Waals surface area contributed by atoms with E-state index in [9.17, 15) is 0 Å². The Morgan fingerprint density at radius 3 is 3.00 bits per heavy atom. The van der Waals surface area contributed by atoms with Crippen molar-refractivity contribution in [3.05, 3.63) is 23.8 Å². The molecule has 0 bridgehead atoms. The second-order valence-electron chi connectivity index (χ2n) is 2.00. The Morgan fingerprint density at radius 1 is 1.75 bits per heavy atom. The van der Waals surface area contributed by atoms with E-state index in [1.54, 1.807) is 0 Å². The zero-order chi connectivity index (χ0) is 5.82. The van der Waals surface area contributed by atoms with Gasteiger partial charge < -0.3 is 0 Å². The van der Waals surface area contributed by atoms with Crippen LogP contribution in [0.25, 0.3) is 0 Å². The monoisotopic (exact) mass is 107 g/mol. The molecule has 1 radical (unpaired) electrons. The minimum absolute atomic E-state index is 1.12. The molecule has 0 aromatic carbocycles. The summed E-state index contributed by atoms with van der Waals surface area (Å²) >= 11 is 0. The van der Waals surface area contributed by atoms with Gasteiger partial charge in [0, 0.05) is 0 Å². The van der Waals surface area contributed by atoms with Crippen molar-refractivity contribution in [2.24, 2.45) is 0 Å². The quantitative estimate of drug-likeness (QED) is 0.483. The van der Waals surface area contributed by atoms with Crippen molar-refractivity contribution in [1.29, 1.82) is 0 Å². The lowest BCUT2D eigenvalue weighted by atomic mass is 10.1. The SMILES string of the molecule is CCC1=[C]CCC=C1. The molecule has 0 atom stereocenters. The van der Waals surface area contributed by atoms with E-state index in [-0.39, 0.29) is 0 Å². The summed E-state index contributed by atoms with van der Waals surface area (Å²) in [6.45, 7) is 2.16. The van der Waals surface area contributed by atoms with Crippen LogP contribution in [-0.2, 0) is 0 Å². The topological polar surface area (TPSA) is 0 Å². The van der Waals surface area contributed by atoms with Crippen LogP contribution in [-0.4, -0.2) is 0 Å². The van der Waals surface area contributed by atoms with Crippen LogP contribution >= 0.6 is 0 Å². The highest BCUT2D eigenvalue weighted by Crippen LogP contribution is 2.10. The van der Waals surface area contributed by atoms with Gasteiger partial charge in [-0.15, -0.1) is 0 Å². The third kappa shape index (κ3) is 1.22. The van der Waals surface area contributed by atoms with Gasteiger partial charge in [0.15, 0.2) is 0 Å². The smallest absolute Gasteiger partial charge is 0.0238 e. The Bertz CT molecular complexity index is 118. The van der Waals surface area contributed by atoms with Gasteiger partial charge in [-0.05, 0) is 30.9 Å². The molecule has 1 aliphatic rings. The molecule has 1 rings (SSSR count). The van der Waals surface area contributed by atoms with Gasteiger partial charge in [0.05, 0.1) is 0 Å². The molecule has 1 aliphatic carbocycles. The van der Waals surface area contributed by atoms with E-state index < -0.39 is 0 Å². The maximum Gasteiger partial charge on any atom is -0.0238 e. The van der Waals surface area contributed by atoms with E-state index in [1.807, 2.05) is 0 Å². The summed E-state index contributed by atoms with van der Waals surface area (Å²) in [5.41, 5.74) is 1.37. The zero-order valence-electron chi connectivity index (χ0n) is 5.28. The molecule has 0 heteroatoms. The van der Waals surface area contributed by atoms with Gasteiger partial charge >= 0.3 is 0 Å². The number of allylic oxidation sites excluding steroid dienone is 4. The zero-order valence-corrected chi connectivity index (χ0v) is 5.28. The first-order valence-electron chi connectivity index (χ1n) is 3.19. The molecular weight excluding hydrogens is 96.1 g/mol. The van der Waals surface area contributed by atoms with Gasteiger partial charge in [0.1, 0.15) is 0 Å². The Balaban J connectivity index is 2.51. The maximum absolute atomic E-state index is 3.30. The number of rotatable bonds is 1. The van der Waals surface area contributed by atoms with Crippen LogP contribution in [0.1, 0.15) is 26.2 Å². The van der Waals surface area contributed by atoms with Crippen LogP contribution in [0.15, 0.2) is 17.7 Å². The van der Waals surface area contributed by atoms with Crippen LogP contribution in [0.2, 0.25) is 0 Å². The second-order valence-corrected chi connectivity index (χ2v) is 2.00. The molecule has 8 heavy (non-hydrogen) atoms. The molecule has 0 fully saturated rings. The molecule has 0 nitrogen and oxygen atoms in total. The van der Waals surface area contributed by atoms with Crippen molar-refractivity contribution in [2.45, 2.75) is 26.2 Å². The molecule has 0 aliphatic heterocycles. The van der Waals surface area contributed by atoms with Crippen LogP contribution in [0.3, 0.4) is 0 Å². The minimum Gasteiger partial charge on any atom is -0.0839 e. The summed E-state index contributed by atoms with van der Waals surface area (Å²) in [6, 6.07) is 0. The highest BCUT2D eigenvalue weighted by Gasteiger charge is 1.91. The van der Waals surface area contributed by atoms with Crippen molar-refractivity contribution in [3.63, 3.8) is 0 Å². The first-order chi connectivity index (χ1) is 3.93. The molecule has 0 spiro atoms. The van der Waals surface area contributed by atoms with Gasteiger partial charge in [-0.2, -0.15) is 0 Å². The van der Waals surface area contributed by atoms with Crippen molar-refractivity contribution in [1.82, 2.24) is 0 Å². The largest absolute Gasteiger partial charge is 0.0839 e. The summed E-state index contributed by atoms with van der Waals surface area (Å²) in [4.78, 5) is 0. The van der Waals surface area contributed by atoms with E-state index in [0.29, 0.717) is 0 Å². The van der Waals surface area contributed by atoms with Crippen molar-refractivity contribution >= 4 is 0 Å². The summed E-state index contributed by atoms with van der Waals surface area (Å²) in [5, 5.41) is 0. The van der Waals surface area contributed by atoms with E-state index in [2.05, 4.69) is 25.2 Å². The molecule has 43 valence electrons. The molecule has 0 aromatic rings. The van der Waals surface area contributed by atoms with Gasteiger partial charge in [-0.1, -0.05) is 19.1 Å². The highest BCUT2D eigenvalue weighted by molar-refractivity contribution is 5.17. The van der Waals surface area contributed by atoms with E-state index in [1.165, 1.54) is 12.0 Å². The van der Waals surface area contributed by atoms with Gasteiger partial charge in [-0.25, -0.2) is 0 Å². The van der Waals surface area contributed by atoms with E-state index in [0.717, 1.165) is 12.8 Å². The van der Waals surface area contributed by atoms with Crippen LogP contribution in [0.5, 0.6) is 0 Å². The molecule has 0 heterocycles. The average molecular weight is 107 g/mol. The minimum atomic E-state index is 1.12. The predicted octanol–water partition coefficient (Wildman–Crippen LogP) is 2.48. The van der Waals surface area contributed by atoms with Crippen molar-refractivity contribution in [3.8, 4) is 0 Å². The van der Waals surface area contributed by atoms with Crippen LogP contribution in [0, 0.1) is 6.08 Å². The number of hydrogen-bond acceptors (Lipinski definition) is 0. The molecule has 0 aromatic heterocycles. The lowest BCUT2D eigenvalue weighted by Crippen LogP contribution is -1.81. The summed E-state index contributed by atoms with van der Waals surface area (Å²) in [5.74, 6) is 0. The molecular formula is C8H11. The van der Waals surface area contributed by atoms with E-state index in [4.69, 9.17) is 0 Å². The maximum atomic E-state index is 3.30. The third-order valence-corrected chi connectivity index (χ3v) is 1.36. The molecule has 0 saturated heterocycles. The van der Waals surface area contributed by atoms with Gasteiger partial charge in [-0.3, -0.25) is 0 Å². The number of hydrogen-bond donors (Lipinski definition) is 0. The molecule has 0 amide bonds. The Hall–Kier alpha value is -0.520. The fourth-order valence-corrected chi connectivity index (χ4v) is 0.843. The second kappa shape index (κ2) is 2.71. The first-order valence-corrected chi connectivity index (χ1v) is 3.19. The molecule has 0 saturated carbocycles. The third-order valence-electron chi connectivity index (χ3n) is 1.36. The van der Waals surface area contributed by atoms with Crippen LogP contribution in [0.4, 0.5) is 0 Å². The summed E-state index contributed by atoms with van der Waals surface area (Å²) < 4.78 is 0. The highest BCUT2D eigenvalue weighted by atomic mass is 14.0. The summed E-state index contributed by atoms with van der Waals surface area (Å²) in [7, 11) is 0. The lowest BCUT2D eigenvalue weighted by Gasteiger charge is -2.00. The standard InChI is InChI=1S/C8H11/c1-2-8-6-4-3-5-7-8/h4,6H,2-3,5H2,1H3. The van der Waals surface area contributed by atoms with Gasteiger partial charge in [0.25, 0.3) is 0 Å². The van der Waals surface area contributed by atoms with E-state index >= 15 is 0 Å². The predicted molar refractivity (Wildman–Crippen MR) is 35.4 cm³/mol. The average Bonchev–Trinajstić information content (AvgIpc) is 1.90. The normalized spacial score (nSPS) is 18.4. The summed E-state index contributed by atoms with van der Waals surface area (Å²) in [6.07, 6.45) is 11.1. The Kier molecular flexibility index (Phi) is 1.90. The van der Waals surface area contributed by atoms with Crippen LogP contribution < -0.4 is 0 Å².